The monoisotopic (exact) mass is 222 g/mol. The number of aryl methyl sites for hydroxylation is 1. The number of benzene rings is 1. The molecule has 0 aliphatic rings. The van der Waals surface area contributed by atoms with E-state index in [0.717, 1.165) is 11.3 Å². The van der Waals surface area contributed by atoms with Gasteiger partial charge in [-0.1, -0.05) is 29.5 Å². The van der Waals surface area contributed by atoms with Gasteiger partial charge < -0.3 is 0 Å². The quantitative estimate of drug-likeness (QED) is 0.748. The maximum atomic E-state index is 3.94. The van der Waals surface area contributed by atoms with Crippen LogP contribution >= 0.6 is 0 Å². The molecule has 1 aromatic heterocycles. The Labute approximate surface area is 87.0 Å². The number of nitrogens with zero attached hydrogens (tertiary/aromatic N) is 2. The van der Waals surface area contributed by atoms with Crippen molar-refractivity contribution in [3.8, 4) is 11.3 Å². The molecule has 1 N–H and O–H groups in total. The molecule has 0 spiro atoms. The van der Waals surface area contributed by atoms with Crippen LogP contribution in [0.1, 0.15) is 5.56 Å². The Bertz CT molecular complexity index is 370. The van der Waals surface area contributed by atoms with Crippen LogP contribution in [-0.4, -0.2) is 15.4 Å². The molecule has 0 aliphatic carbocycles. The molecule has 3 nitrogen and oxygen atoms in total. The van der Waals surface area contributed by atoms with E-state index in [1.54, 1.807) is 6.20 Å². The maximum absolute atomic E-state index is 3.94. The second kappa shape index (κ2) is 4.21. The van der Waals surface area contributed by atoms with Crippen molar-refractivity contribution in [2.24, 2.45) is 0 Å². The van der Waals surface area contributed by atoms with Gasteiger partial charge in [0, 0.05) is 28.8 Å². The molecule has 0 aliphatic heterocycles. The third-order valence-corrected chi connectivity index (χ3v) is 1.84. The minimum absolute atomic E-state index is 0. The number of aromatic amines is 1. The van der Waals surface area contributed by atoms with E-state index in [1.165, 1.54) is 5.56 Å². The summed E-state index contributed by atoms with van der Waals surface area (Å²) in [7, 11) is 0. The summed E-state index contributed by atoms with van der Waals surface area (Å²) in [6.07, 6.45) is 1.79. The predicted octanol–water partition coefficient (Wildman–Crippen LogP) is 1.78. The number of rotatable bonds is 1. The molecule has 0 amide bonds. The van der Waals surface area contributed by atoms with Gasteiger partial charge in [-0.2, -0.15) is 0 Å². The molecule has 1 radical (unpaired) electrons. The third-order valence-electron chi connectivity index (χ3n) is 1.84. The van der Waals surface area contributed by atoms with Crippen molar-refractivity contribution < 1.29 is 17.1 Å². The van der Waals surface area contributed by atoms with Crippen molar-refractivity contribution in [2.75, 3.05) is 0 Å². The summed E-state index contributed by atoms with van der Waals surface area (Å²) in [5, 5.41) is 10.3. The molecule has 0 saturated heterocycles. The smallest absolute Gasteiger partial charge is 0.113 e. The zero-order valence-corrected chi connectivity index (χ0v) is 8.02. The van der Waals surface area contributed by atoms with Crippen LogP contribution in [0, 0.1) is 6.92 Å². The summed E-state index contributed by atoms with van der Waals surface area (Å²) in [5.74, 6) is 0. The Morgan fingerprint density at radius 2 is 2.00 bits per heavy atom. The number of nitrogens with one attached hydrogen (secondary N) is 1. The van der Waals surface area contributed by atoms with E-state index in [0.29, 0.717) is 0 Å². The molecule has 71 valence electrons. The van der Waals surface area contributed by atoms with Gasteiger partial charge in [-0.25, -0.2) is 0 Å². The fraction of sp³-hybridized carbons (Fsp3) is 0.111. The van der Waals surface area contributed by atoms with E-state index < -0.39 is 0 Å². The zero-order chi connectivity index (χ0) is 8.39. The molecule has 13 heavy (non-hydrogen) atoms. The van der Waals surface area contributed by atoms with E-state index in [2.05, 4.69) is 28.4 Å². The van der Waals surface area contributed by atoms with Crippen LogP contribution in [0.25, 0.3) is 11.3 Å². The third kappa shape index (κ3) is 1.97. The van der Waals surface area contributed by atoms with Crippen LogP contribution in [-0.2, 0) is 17.1 Å². The summed E-state index contributed by atoms with van der Waals surface area (Å²) < 4.78 is 0. The van der Waals surface area contributed by atoms with Crippen molar-refractivity contribution in [3.63, 3.8) is 0 Å². The first-order valence-electron chi connectivity index (χ1n) is 3.80. The first-order valence-corrected chi connectivity index (χ1v) is 3.80. The van der Waals surface area contributed by atoms with Crippen molar-refractivity contribution in [2.45, 2.75) is 6.92 Å². The predicted molar refractivity (Wildman–Crippen MR) is 46.6 cm³/mol. The van der Waals surface area contributed by atoms with E-state index in [4.69, 9.17) is 0 Å². The topological polar surface area (TPSA) is 41.6 Å². The summed E-state index contributed by atoms with van der Waals surface area (Å²) in [4.78, 5) is 0. The molecule has 1 aromatic carbocycles. The molecule has 4 heteroatoms. The van der Waals surface area contributed by atoms with E-state index in [-0.39, 0.29) is 17.1 Å². The summed E-state index contributed by atoms with van der Waals surface area (Å²) >= 11 is 0. The summed E-state index contributed by atoms with van der Waals surface area (Å²) in [5.41, 5.74) is 3.24. The first kappa shape index (κ1) is 9.96. The van der Waals surface area contributed by atoms with E-state index in [1.807, 2.05) is 18.2 Å². The maximum Gasteiger partial charge on any atom is 0.113 e. The van der Waals surface area contributed by atoms with E-state index in [9.17, 15) is 0 Å². The second-order valence-corrected chi connectivity index (χ2v) is 2.67. The SMILES string of the molecule is Cc1ccccc1-c1c[nH]nn1.[Cu]. The molecule has 0 atom stereocenters. The van der Waals surface area contributed by atoms with Crippen molar-refractivity contribution in [3.05, 3.63) is 36.0 Å². The van der Waals surface area contributed by atoms with Gasteiger partial charge in [-0.3, -0.25) is 5.10 Å². The van der Waals surface area contributed by atoms with Gasteiger partial charge >= 0.3 is 0 Å². The molecule has 0 bridgehead atoms. The summed E-state index contributed by atoms with van der Waals surface area (Å²) in [6, 6.07) is 8.10. The average Bonchev–Trinajstić information content (AvgIpc) is 2.57. The molecule has 2 rings (SSSR count). The van der Waals surface area contributed by atoms with Gasteiger partial charge in [0.25, 0.3) is 0 Å². The van der Waals surface area contributed by atoms with Gasteiger partial charge in [-0.05, 0) is 12.5 Å². The van der Waals surface area contributed by atoms with Gasteiger partial charge in [0.05, 0.1) is 0 Å². The normalized spacial score (nSPS) is 9.31. The van der Waals surface area contributed by atoms with Crippen LogP contribution in [0.3, 0.4) is 0 Å². The molecule has 2 aromatic rings. The first-order chi connectivity index (χ1) is 5.88. The second-order valence-electron chi connectivity index (χ2n) is 2.67. The minimum Gasteiger partial charge on any atom is -0.265 e. The molecule has 1 heterocycles. The zero-order valence-electron chi connectivity index (χ0n) is 7.08. The van der Waals surface area contributed by atoms with Crippen molar-refractivity contribution in [1.82, 2.24) is 15.4 Å². The van der Waals surface area contributed by atoms with Gasteiger partial charge in [0.2, 0.25) is 0 Å². The van der Waals surface area contributed by atoms with E-state index >= 15 is 0 Å². The number of aromatic nitrogens is 3. The number of H-pyrrole nitrogens is 1. The summed E-state index contributed by atoms with van der Waals surface area (Å²) in [6.45, 7) is 2.06. The van der Waals surface area contributed by atoms with Crippen molar-refractivity contribution >= 4 is 0 Å². The fourth-order valence-corrected chi connectivity index (χ4v) is 1.19. The molecule has 0 unspecified atom stereocenters. The standard InChI is InChI=1S/C9H9N3.Cu/c1-7-4-2-3-5-8(7)9-6-10-12-11-9;/h2-6H,1H3,(H,10,11,12);. The van der Waals surface area contributed by atoms with Crippen LogP contribution in [0.15, 0.2) is 30.5 Å². The largest absolute Gasteiger partial charge is 0.265 e. The average molecular weight is 223 g/mol. The van der Waals surface area contributed by atoms with Crippen molar-refractivity contribution in [1.29, 1.82) is 0 Å². The van der Waals surface area contributed by atoms with Gasteiger partial charge in [0.1, 0.15) is 5.69 Å². The molecular formula is C9H9CuN3. The fourth-order valence-electron chi connectivity index (χ4n) is 1.19. The molecule has 0 saturated carbocycles. The van der Waals surface area contributed by atoms with Gasteiger partial charge in [0.15, 0.2) is 0 Å². The number of hydrogen-bond acceptors (Lipinski definition) is 2. The molecule has 0 fully saturated rings. The Morgan fingerprint density at radius 3 is 2.62 bits per heavy atom. The Kier molecular flexibility index (Phi) is 3.23. The Balaban J connectivity index is 0.000000845. The number of hydrogen-bond donors (Lipinski definition) is 1. The van der Waals surface area contributed by atoms with Crippen LogP contribution in [0.2, 0.25) is 0 Å². The van der Waals surface area contributed by atoms with Crippen LogP contribution in [0.4, 0.5) is 0 Å². The Morgan fingerprint density at radius 1 is 1.23 bits per heavy atom. The van der Waals surface area contributed by atoms with Gasteiger partial charge in [-0.15, -0.1) is 5.10 Å². The Hall–Kier alpha value is -1.12. The molecular weight excluding hydrogens is 214 g/mol. The van der Waals surface area contributed by atoms with Crippen LogP contribution in [0.5, 0.6) is 0 Å². The minimum atomic E-state index is 0. The van der Waals surface area contributed by atoms with Crippen LogP contribution < -0.4 is 0 Å².